The number of hydrogen-bond donors (Lipinski definition) is 1. The average Bonchev–Trinajstić information content (AvgIpc) is 2.63. The number of aryl methyl sites for hydroxylation is 2. The van der Waals surface area contributed by atoms with Crippen molar-refractivity contribution in [3.8, 4) is 0 Å². The van der Waals surface area contributed by atoms with Crippen LogP contribution in [0, 0.1) is 0 Å². The second-order valence-corrected chi connectivity index (χ2v) is 2.99. The molecule has 0 fully saturated rings. The molecule has 1 aromatic carbocycles. The van der Waals surface area contributed by atoms with Crippen LogP contribution in [-0.2, 0) is 12.8 Å². The molecule has 0 spiro atoms. The molecule has 0 bridgehead atoms. The highest BCUT2D eigenvalue weighted by Gasteiger charge is 2.00. The van der Waals surface area contributed by atoms with Gasteiger partial charge in [0.05, 0.1) is 0 Å². The Morgan fingerprint density at radius 2 is 2.00 bits per heavy atom. The molecule has 72 valence electrons. The van der Waals surface area contributed by atoms with Crippen LogP contribution in [0.15, 0.2) is 39.5 Å². The number of aromatic nitrogens is 2. The predicted octanol–water partition coefficient (Wildman–Crippen LogP) is 1.15. The monoisotopic (exact) mass is 190 g/mol. The molecule has 0 radical (unpaired) electrons. The molecule has 2 aromatic rings. The average molecular weight is 190 g/mol. The maximum atomic E-state index is 10.6. The Morgan fingerprint density at radius 3 is 2.64 bits per heavy atom. The third-order valence-corrected chi connectivity index (χ3v) is 1.95. The van der Waals surface area contributed by atoms with Crippen molar-refractivity contribution in [2.75, 3.05) is 0 Å². The topological polar surface area (TPSA) is 58.9 Å². The van der Waals surface area contributed by atoms with Crippen LogP contribution >= 0.6 is 0 Å². The summed E-state index contributed by atoms with van der Waals surface area (Å²) in [5.41, 5.74) is 1.21. The third kappa shape index (κ3) is 2.10. The Labute approximate surface area is 80.6 Å². The van der Waals surface area contributed by atoms with Gasteiger partial charge in [-0.15, -0.1) is 5.10 Å². The van der Waals surface area contributed by atoms with Gasteiger partial charge in [0.15, 0.2) is 0 Å². The number of nitrogens with zero attached hydrogens (tertiary/aromatic N) is 1. The van der Waals surface area contributed by atoms with Gasteiger partial charge in [-0.3, -0.25) is 0 Å². The van der Waals surface area contributed by atoms with Gasteiger partial charge in [0.1, 0.15) is 0 Å². The third-order valence-electron chi connectivity index (χ3n) is 1.95. The molecule has 4 heteroatoms. The minimum absolute atomic E-state index is 0.457. The molecule has 0 atom stereocenters. The summed E-state index contributed by atoms with van der Waals surface area (Å²) < 4.78 is 4.78. The fourth-order valence-corrected chi connectivity index (χ4v) is 1.26. The largest absolute Gasteiger partial charge is 0.434 e. The lowest BCUT2D eigenvalue weighted by Gasteiger charge is -1.96. The number of hydrogen-bond acceptors (Lipinski definition) is 3. The van der Waals surface area contributed by atoms with Gasteiger partial charge in [0, 0.05) is 6.42 Å². The highest BCUT2D eigenvalue weighted by molar-refractivity contribution is 5.15. The first kappa shape index (κ1) is 8.74. The van der Waals surface area contributed by atoms with Crippen LogP contribution in [-0.4, -0.2) is 10.2 Å². The van der Waals surface area contributed by atoms with E-state index in [9.17, 15) is 4.79 Å². The van der Waals surface area contributed by atoms with E-state index in [2.05, 4.69) is 10.2 Å². The van der Waals surface area contributed by atoms with Crippen molar-refractivity contribution in [1.82, 2.24) is 10.2 Å². The number of rotatable bonds is 3. The van der Waals surface area contributed by atoms with Crippen molar-refractivity contribution < 1.29 is 4.42 Å². The first-order valence-corrected chi connectivity index (χ1v) is 4.43. The number of benzene rings is 1. The van der Waals surface area contributed by atoms with Crippen LogP contribution in [0.25, 0.3) is 0 Å². The van der Waals surface area contributed by atoms with E-state index < -0.39 is 5.76 Å². The van der Waals surface area contributed by atoms with Crippen LogP contribution in [0.5, 0.6) is 0 Å². The van der Waals surface area contributed by atoms with E-state index in [0.29, 0.717) is 12.3 Å². The van der Waals surface area contributed by atoms with Gasteiger partial charge in [-0.2, -0.15) is 0 Å². The van der Waals surface area contributed by atoms with Crippen LogP contribution in [0.2, 0.25) is 0 Å². The Balaban J connectivity index is 1.98. The standard InChI is InChI=1S/C10H10N2O2/c13-10-12-11-9(14-10)7-6-8-4-2-1-3-5-8/h1-5H,6-7H2,(H,12,13). The van der Waals surface area contributed by atoms with E-state index in [0.717, 1.165) is 6.42 Å². The van der Waals surface area contributed by atoms with Crippen molar-refractivity contribution in [1.29, 1.82) is 0 Å². The molecule has 0 saturated heterocycles. The smallest absolute Gasteiger partial charge is 0.392 e. The second-order valence-electron chi connectivity index (χ2n) is 2.99. The summed E-state index contributed by atoms with van der Waals surface area (Å²) in [6.45, 7) is 0. The Bertz CT molecular complexity index is 444. The molecule has 0 saturated carbocycles. The molecule has 0 aliphatic rings. The van der Waals surface area contributed by atoms with Crippen LogP contribution in [0.3, 0.4) is 0 Å². The molecular weight excluding hydrogens is 180 g/mol. The summed E-state index contributed by atoms with van der Waals surface area (Å²) in [7, 11) is 0. The summed E-state index contributed by atoms with van der Waals surface area (Å²) in [4.78, 5) is 10.6. The van der Waals surface area contributed by atoms with Gasteiger partial charge in [0.2, 0.25) is 5.89 Å². The molecule has 1 aromatic heterocycles. The van der Waals surface area contributed by atoms with Crippen molar-refractivity contribution in [2.45, 2.75) is 12.8 Å². The quantitative estimate of drug-likeness (QED) is 0.789. The first-order chi connectivity index (χ1) is 6.84. The summed E-state index contributed by atoms with van der Waals surface area (Å²) in [5.74, 6) is -0.0353. The minimum Gasteiger partial charge on any atom is -0.392 e. The number of nitrogens with one attached hydrogen (secondary N) is 1. The zero-order valence-corrected chi connectivity index (χ0v) is 7.56. The van der Waals surface area contributed by atoms with E-state index in [4.69, 9.17) is 4.42 Å². The molecule has 0 amide bonds. The lowest BCUT2D eigenvalue weighted by Crippen LogP contribution is -1.94. The number of aromatic amines is 1. The normalized spacial score (nSPS) is 10.3. The maximum absolute atomic E-state index is 10.6. The van der Waals surface area contributed by atoms with Crippen LogP contribution in [0.1, 0.15) is 11.5 Å². The molecule has 0 aliphatic heterocycles. The van der Waals surface area contributed by atoms with Gasteiger partial charge in [-0.05, 0) is 12.0 Å². The van der Waals surface area contributed by atoms with Crippen LogP contribution in [0.4, 0.5) is 0 Å². The van der Waals surface area contributed by atoms with E-state index in [1.54, 1.807) is 0 Å². The van der Waals surface area contributed by atoms with E-state index in [-0.39, 0.29) is 0 Å². The highest BCUT2D eigenvalue weighted by Crippen LogP contribution is 2.03. The second kappa shape index (κ2) is 3.91. The van der Waals surface area contributed by atoms with Gasteiger partial charge >= 0.3 is 5.76 Å². The molecule has 0 unspecified atom stereocenters. The summed E-state index contributed by atoms with van der Waals surface area (Å²) >= 11 is 0. The lowest BCUT2D eigenvalue weighted by molar-refractivity contribution is 0.461. The SMILES string of the molecule is O=c1[nH]nc(CCc2ccccc2)o1. The fourth-order valence-electron chi connectivity index (χ4n) is 1.26. The Morgan fingerprint density at radius 1 is 1.21 bits per heavy atom. The lowest BCUT2D eigenvalue weighted by atomic mass is 10.1. The van der Waals surface area contributed by atoms with Crippen molar-refractivity contribution in [3.63, 3.8) is 0 Å². The van der Waals surface area contributed by atoms with Crippen molar-refractivity contribution >= 4 is 0 Å². The van der Waals surface area contributed by atoms with Gasteiger partial charge in [-0.25, -0.2) is 9.89 Å². The molecule has 1 heterocycles. The zero-order chi connectivity index (χ0) is 9.80. The fraction of sp³-hybridized carbons (Fsp3) is 0.200. The van der Waals surface area contributed by atoms with Gasteiger partial charge in [0.25, 0.3) is 0 Å². The molecular formula is C10H10N2O2. The number of H-pyrrole nitrogens is 1. The van der Waals surface area contributed by atoms with Crippen LogP contribution < -0.4 is 5.76 Å². The molecule has 4 nitrogen and oxygen atoms in total. The summed E-state index contributed by atoms with van der Waals surface area (Å²) in [5, 5.41) is 5.96. The van der Waals surface area contributed by atoms with E-state index >= 15 is 0 Å². The molecule has 0 aliphatic carbocycles. The predicted molar refractivity (Wildman–Crippen MR) is 51.0 cm³/mol. The Kier molecular flexibility index (Phi) is 2.44. The minimum atomic E-state index is -0.493. The van der Waals surface area contributed by atoms with Crippen molar-refractivity contribution in [3.05, 3.63) is 52.3 Å². The van der Waals surface area contributed by atoms with Gasteiger partial charge < -0.3 is 4.42 Å². The van der Waals surface area contributed by atoms with Crippen molar-refractivity contribution in [2.24, 2.45) is 0 Å². The molecule has 1 N–H and O–H groups in total. The first-order valence-electron chi connectivity index (χ1n) is 4.43. The zero-order valence-electron chi connectivity index (χ0n) is 7.56. The summed E-state index contributed by atoms with van der Waals surface area (Å²) in [6.07, 6.45) is 1.47. The van der Waals surface area contributed by atoms with E-state index in [1.807, 2.05) is 30.3 Å². The summed E-state index contributed by atoms with van der Waals surface area (Å²) in [6, 6.07) is 10.00. The highest BCUT2D eigenvalue weighted by atomic mass is 16.4. The van der Waals surface area contributed by atoms with Gasteiger partial charge in [-0.1, -0.05) is 30.3 Å². The molecule has 2 rings (SSSR count). The van der Waals surface area contributed by atoms with E-state index in [1.165, 1.54) is 5.56 Å². The maximum Gasteiger partial charge on any atom is 0.434 e. The molecule has 14 heavy (non-hydrogen) atoms. The Hall–Kier alpha value is -1.84.